The number of rotatable bonds is 2. The molecule has 0 aromatic heterocycles. The summed E-state index contributed by atoms with van der Waals surface area (Å²) in [5.41, 5.74) is 0. The van der Waals surface area contributed by atoms with Gasteiger partial charge in [-0.15, -0.1) is 0 Å². The van der Waals surface area contributed by atoms with E-state index in [1.54, 1.807) is 0 Å². The lowest BCUT2D eigenvalue weighted by atomic mass is 10.2. The maximum atomic E-state index is 12.5. The fraction of sp³-hybridized carbons (Fsp3) is 0.900. The van der Waals surface area contributed by atoms with Gasteiger partial charge in [0.1, 0.15) is 15.9 Å². The zero-order valence-electron chi connectivity index (χ0n) is 10.4. The van der Waals surface area contributed by atoms with Crippen molar-refractivity contribution in [1.29, 1.82) is 5.26 Å². The molecule has 2 aliphatic heterocycles. The highest BCUT2D eigenvalue weighted by atomic mass is 32.2. The molecule has 1 N–H and O–H groups in total. The standard InChI is InChI=1S/C10H17N3O4S2/c11-7-9-8-12-3-4-13(9)19(16,17)10-1-5-18(14,15)6-2-10/h9-10,12H,1-6,8H2. The molecule has 9 heteroatoms. The van der Waals surface area contributed by atoms with Crippen molar-refractivity contribution in [1.82, 2.24) is 9.62 Å². The third-order valence-corrected chi connectivity index (χ3v) is 7.71. The molecule has 7 nitrogen and oxygen atoms in total. The molecule has 19 heavy (non-hydrogen) atoms. The summed E-state index contributed by atoms with van der Waals surface area (Å²) >= 11 is 0. The van der Waals surface area contributed by atoms with Gasteiger partial charge in [0.25, 0.3) is 0 Å². The zero-order chi connectivity index (χ0) is 14.1. The second kappa shape index (κ2) is 5.36. The van der Waals surface area contributed by atoms with E-state index in [9.17, 15) is 16.8 Å². The Labute approximate surface area is 113 Å². The Morgan fingerprint density at radius 1 is 1.26 bits per heavy atom. The number of nitrogens with zero attached hydrogens (tertiary/aromatic N) is 2. The molecule has 0 amide bonds. The molecular weight excluding hydrogens is 290 g/mol. The van der Waals surface area contributed by atoms with Crippen molar-refractivity contribution >= 4 is 19.9 Å². The van der Waals surface area contributed by atoms with Crippen LogP contribution in [0.2, 0.25) is 0 Å². The summed E-state index contributed by atoms with van der Waals surface area (Å²) in [6.07, 6.45) is 0.263. The summed E-state index contributed by atoms with van der Waals surface area (Å²) in [6, 6.07) is 1.28. The maximum Gasteiger partial charge on any atom is 0.218 e. The van der Waals surface area contributed by atoms with Gasteiger partial charge in [0.2, 0.25) is 10.0 Å². The summed E-state index contributed by atoms with van der Waals surface area (Å²) < 4.78 is 48.9. The van der Waals surface area contributed by atoms with Crippen LogP contribution in [-0.4, -0.2) is 63.6 Å². The van der Waals surface area contributed by atoms with E-state index in [1.165, 1.54) is 4.31 Å². The van der Waals surface area contributed by atoms with Gasteiger partial charge < -0.3 is 5.32 Å². The van der Waals surface area contributed by atoms with Gasteiger partial charge in [-0.05, 0) is 12.8 Å². The third-order valence-electron chi connectivity index (χ3n) is 3.59. The monoisotopic (exact) mass is 307 g/mol. The predicted molar refractivity (Wildman–Crippen MR) is 69.6 cm³/mol. The third kappa shape index (κ3) is 3.08. The van der Waals surface area contributed by atoms with E-state index < -0.39 is 31.2 Å². The van der Waals surface area contributed by atoms with Crippen molar-refractivity contribution in [3.05, 3.63) is 0 Å². The van der Waals surface area contributed by atoms with Crippen LogP contribution in [0.25, 0.3) is 0 Å². The molecule has 1 unspecified atom stereocenters. The Bertz CT molecular complexity index is 564. The van der Waals surface area contributed by atoms with Gasteiger partial charge >= 0.3 is 0 Å². The van der Waals surface area contributed by atoms with E-state index in [2.05, 4.69) is 5.32 Å². The molecule has 0 aromatic carbocycles. The lowest BCUT2D eigenvalue weighted by molar-refractivity contribution is 0.307. The van der Waals surface area contributed by atoms with Crippen molar-refractivity contribution in [2.24, 2.45) is 0 Å². The Morgan fingerprint density at radius 3 is 2.47 bits per heavy atom. The van der Waals surface area contributed by atoms with Crippen molar-refractivity contribution in [2.45, 2.75) is 24.1 Å². The molecule has 0 aliphatic carbocycles. The van der Waals surface area contributed by atoms with Crippen LogP contribution in [0.5, 0.6) is 0 Å². The summed E-state index contributed by atoms with van der Waals surface area (Å²) in [6.45, 7) is 1.10. The zero-order valence-corrected chi connectivity index (χ0v) is 12.1. The lowest BCUT2D eigenvalue weighted by Gasteiger charge is -2.35. The number of sulfone groups is 1. The van der Waals surface area contributed by atoms with Crippen LogP contribution in [0.4, 0.5) is 0 Å². The van der Waals surface area contributed by atoms with Crippen LogP contribution in [0.15, 0.2) is 0 Å². The second-order valence-electron chi connectivity index (χ2n) is 4.86. The molecule has 1 atom stereocenters. The largest absolute Gasteiger partial charge is 0.313 e. The van der Waals surface area contributed by atoms with Crippen LogP contribution in [-0.2, 0) is 19.9 Å². The molecule has 108 valence electrons. The van der Waals surface area contributed by atoms with E-state index in [-0.39, 0.29) is 30.9 Å². The topological polar surface area (TPSA) is 107 Å². The van der Waals surface area contributed by atoms with Gasteiger partial charge in [0, 0.05) is 19.6 Å². The minimum absolute atomic E-state index is 0.0831. The minimum atomic E-state index is -3.59. The number of nitrogens with one attached hydrogen (secondary N) is 1. The first-order valence-electron chi connectivity index (χ1n) is 6.18. The quantitative estimate of drug-likeness (QED) is 0.679. The first kappa shape index (κ1) is 14.7. The van der Waals surface area contributed by atoms with E-state index in [0.717, 1.165) is 0 Å². The molecule has 0 aromatic rings. The van der Waals surface area contributed by atoms with E-state index in [4.69, 9.17) is 5.26 Å². The SMILES string of the molecule is N#CC1CNCCN1S(=O)(=O)C1CCS(=O)(=O)CC1. The molecule has 0 spiro atoms. The molecule has 2 saturated heterocycles. The number of piperazine rings is 1. The number of hydrogen-bond donors (Lipinski definition) is 1. The fourth-order valence-corrected chi connectivity index (χ4v) is 6.28. The van der Waals surface area contributed by atoms with E-state index in [0.29, 0.717) is 13.1 Å². The minimum Gasteiger partial charge on any atom is -0.313 e. The Morgan fingerprint density at radius 2 is 1.89 bits per heavy atom. The van der Waals surface area contributed by atoms with Crippen molar-refractivity contribution in [3.63, 3.8) is 0 Å². The normalized spacial score (nSPS) is 29.7. The van der Waals surface area contributed by atoms with Crippen LogP contribution in [0.1, 0.15) is 12.8 Å². The van der Waals surface area contributed by atoms with Crippen molar-refractivity contribution < 1.29 is 16.8 Å². The second-order valence-corrected chi connectivity index (χ2v) is 9.33. The van der Waals surface area contributed by atoms with Gasteiger partial charge in [0.05, 0.1) is 22.8 Å². The summed E-state index contributed by atoms with van der Waals surface area (Å²) in [5, 5.41) is 11.3. The first-order chi connectivity index (χ1) is 8.87. The van der Waals surface area contributed by atoms with Gasteiger partial charge in [-0.3, -0.25) is 0 Å². The Hall–Kier alpha value is -0.690. The van der Waals surface area contributed by atoms with Gasteiger partial charge in [-0.25, -0.2) is 16.8 Å². The fourth-order valence-electron chi connectivity index (χ4n) is 2.46. The van der Waals surface area contributed by atoms with Crippen molar-refractivity contribution in [2.75, 3.05) is 31.1 Å². The van der Waals surface area contributed by atoms with Crippen LogP contribution >= 0.6 is 0 Å². The molecule has 2 rings (SSSR count). The van der Waals surface area contributed by atoms with E-state index in [1.807, 2.05) is 6.07 Å². The molecular formula is C10H17N3O4S2. The van der Waals surface area contributed by atoms with Crippen molar-refractivity contribution in [3.8, 4) is 6.07 Å². The number of hydrogen-bond acceptors (Lipinski definition) is 6. The number of nitriles is 1. The first-order valence-corrected chi connectivity index (χ1v) is 9.51. The van der Waals surface area contributed by atoms with Crippen LogP contribution in [0, 0.1) is 11.3 Å². The van der Waals surface area contributed by atoms with E-state index >= 15 is 0 Å². The van der Waals surface area contributed by atoms with Crippen LogP contribution in [0.3, 0.4) is 0 Å². The summed E-state index contributed by atoms with van der Waals surface area (Å²) in [7, 11) is -6.68. The van der Waals surface area contributed by atoms with Crippen LogP contribution < -0.4 is 5.32 Å². The average Bonchev–Trinajstić information content (AvgIpc) is 2.38. The molecule has 2 aliphatic rings. The predicted octanol–water partition coefficient (Wildman–Crippen LogP) is -1.31. The van der Waals surface area contributed by atoms with Gasteiger partial charge in [-0.1, -0.05) is 0 Å². The van der Waals surface area contributed by atoms with Gasteiger partial charge in [-0.2, -0.15) is 9.57 Å². The molecule has 2 fully saturated rings. The molecule has 2 heterocycles. The highest BCUT2D eigenvalue weighted by molar-refractivity contribution is 7.92. The molecule has 0 saturated carbocycles. The Kier molecular flexibility index (Phi) is 4.15. The molecule has 0 radical (unpaired) electrons. The number of sulfonamides is 1. The summed E-state index contributed by atoms with van der Waals surface area (Å²) in [4.78, 5) is 0. The highest BCUT2D eigenvalue weighted by Gasteiger charge is 2.40. The Balaban J connectivity index is 2.16. The van der Waals surface area contributed by atoms with Gasteiger partial charge in [0.15, 0.2) is 0 Å². The maximum absolute atomic E-state index is 12.5. The summed E-state index contributed by atoms with van der Waals surface area (Å²) in [5.74, 6) is -0.166. The average molecular weight is 307 g/mol. The highest BCUT2D eigenvalue weighted by Crippen LogP contribution is 2.24. The smallest absolute Gasteiger partial charge is 0.218 e. The lowest BCUT2D eigenvalue weighted by Crippen LogP contribution is -2.55. The molecule has 0 bridgehead atoms.